The highest BCUT2D eigenvalue weighted by atomic mass is 32.2. The third-order valence-electron chi connectivity index (χ3n) is 7.29. The maximum Gasteiger partial charge on any atom is 0.416 e. The summed E-state index contributed by atoms with van der Waals surface area (Å²) in [6.07, 6.45) is -0.456. The zero-order valence-corrected chi connectivity index (χ0v) is 22.0. The molecule has 0 bridgehead atoms. The van der Waals surface area contributed by atoms with Crippen LogP contribution in [-0.2, 0) is 20.8 Å². The lowest BCUT2D eigenvalue weighted by atomic mass is 9.68. The first kappa shape index (κ1) is 27.7. The predicted molar refractivity (Wildman–Crippen MR) is 138 cm³/mol. The van der Waals surface area contributed by atoms with Crippen molar-refractivity contribution >= 4 is 27.0 Å². The van der Waals surface area contributed by atoms with Crippen LogP contribution < -0.4 is 4.90 Å². The van der Waals surface area contributed by atoms with Gasteiger partial charge in [0.15, 0.2) is 9.84 Å². The molecule has 2 aromatic rings. The van der Waals surface area contributed by atoms with Crippen molar-refractivity contribution in [1.29, 1.82) is 0 Å². The van der Waals surface area contributed by atoms with E-state index in [2.05, 4.69) is 20.8 Å². The summed E-state index contributed by atoms with van der Waals surface area (Å²) in [6, 6.07) is 13.9. The first-order valence-corrected chi connectivity index (χ1v) is 13.7. The van der Waals surface area contributed by atoms with Crippen molar-refractivity contribution in [3.63, 3.8) is 0 Å². The van der Waals surface area contributed by atoms with Gasteiger partial charge in [0, 0.05) is 29.0 Å². The molecule has 36 heavy (non-hydrogen) atoms. The molecule has 0 saturated carbocycles. The van der Waals surface area contributed by atoms with Gasteiger partial charge in [-0.15, -0.1) is 0 Å². The Morgan fingerprint density at radius 1 is 1.06 bits per heavy atom. The largest absolute Gasteiger partial charge is 0.416 e. The molecule has 0 aromatic heterocycles. The lowest BCUT2D eigenvalue weighted by Gasteiger charge is -2.36. The van der Waals surface area contributed by atoms with Crippen molar-refractivity contribution in [3.8, 4) is 0 Å². The van der Waals surface area contributed by atoms with E-state index in [1.165, 1.54) is 23.3 Å². The molecule has 0 N–H and O–H groups in total. The monoisotopic (exact) mass is 519 g/mol. The normalized spacial score (nSPS) is 17.2. The second-order valence-corrected chi connectivity index (χ2v) is 12.0. The molecule has 0 radical (unpaired) electrons. The van der Waals surface area contributed by atoms with Crippen LogP contribution in [-0.4, -0.2) is 27.1 Å². The number of benzene rings is 2. The minimum Gasteiger partial charge on any atom is -0.304 e. The van der Waals surface area contributed by atoms with Gasteiger partial charge in [-0.05, 0) is 66.5 Å². The summed E-state index contributed by atoms with van der Waals surface area (Å²) in [4.78, 5) is 15.6. The first-order chi connectivity index (χ1) is 16.7. The molecule has 2 aromatic carbocycles. The molecule has 8 heteroatoms. The van der Waals surface area contributed by atoms with Crippen LogP contribution in [0.15, 0.2) is 71.2 Å². The molecule has 0 fully saturated rings. The number of allylic oxidation sites excluding steroid dienone is 2. The minimum absolute atomic E-state index is 0.110. The van der Waals surface area contributed by atoms with E-state index in [1.807, 2.05) is 30.3 Å². The zero-order chi connectivity index (χ0) is 26.9. The Bertz CT molecular complexity index is 1280. The number of hydrogen-bond acceptors (Lipinski definition) is 3. The standard InChI is InChI=1S/C28H32F3NO3S/c1-19(2)27(4,17-9-10-20(3)36(5,34)35)24-18-32(23-15-13-22(14-16-23)28(29,30)31)26(33)25(24)21-11-7-6-8-12-21/h6-8,10-16,19H,9,17-18H2,1-5H3/b20-10+. The average molecular weight is 520 g/mol. The predicted octanol–water partition coefficient (Wildman–Crippen LogP) is 6.90. The number of amides is 1. The number of rotatable bonds is 8. The highest BCUT2D eigenvalue weighted by Crippen LogP contribution is 2.48. The Morgan fingerprint density at radius 2 is 1.64 bits per heavy atom. The van der Waals surface area contributed by atoms with Gasteiger partial charge in [0.1, 0.15) is 0 Å². The summed E-state index contributed by atoms with van der Waals surface area (Å²) in [6.45, 7) is 8.02. The van der Waals surface area contributed by atoms with Crippen LogP contribution in [0.2, 0.25) is 0 Å². The molecule has 0 spiro atoms. The van der Waals surface area contributed by atoms with Gasteiger partial charge in [0.05, 0.1) is 5.56 Å². The van der Waals surface area contributed by atoms with Gasteiger partial charge in [0.2, 0.25) is 0 Å². The van der Waals surface area contributed by atoms with Crippen LogP contribution in [0.25, 0.3) is 5.57 Å². The van der Waals surface area contributed by atoms with Crippen molar-refractivity contribution in [3.05, 3.63) is 82.3 Å². The lowest BCUT2D eigenvalue weighted by Crippen LogP contribution is -2.31. The third-order valence-corrected chi connectivity index (χ3v) is 8.63. The number of carbonyl (C=O) groups excluding carboxylic acids is 1. The Morgan fingerprint density at radius 3 is 2.14 bits per heavy atom. The number of hydrogen-bond donors (Lipinski definition) is 0. The van der Waals surface area contributed by atoms with E-state index in [-0.39, 0.29) is 18.4 Å². The smallest absolute Gasteiger partial charge is 0.304 e. The molecule has 194 valence electrons. The molecular formula is C28H32F3NO3S. The number of alkyl halides is 3. The number of carbonyl (C=O) groups is 1. The van der Waals surface area contributed by atoms with Crippen molar-refractivity contribution in [2.45, 2.75) is 46.7 Å². The summed E-state index contributed by atoms with van der Waals surface area (Å²) in [5, 5.41) is 0. The Kier molecular flexibility index (Phi) is 7.89. The second-order valence-electron chi connectivity index (χ2n) is 9.85. The quantitative estimate of drug-likeness (QED) is 0.381. The van der Waals surface area contributed by atoms with E-state index in [1.54, 1.807) is 13.0 Å². The van der Waals surface area contributed by atoms with Crippen LogP contribution in [0, 0.1) is 11.3 Å². The molecule has 1 unspecified atom stereocenters. The van der Waals surface area contributed by atoms with E-state index >= 15 is 0 Å². The summed E-state index contributed by atoms with van der Waals surface area (Å²) >= 11 is 0. The van der Waals surface area contributed by atoms with Gasteiger partial charge in [-0.3, -0.25) is 4.79 Å². The average Bonchev–Trinajstić information content (AvgIpc) is 3.15. The first-order valence-electron chi connectivity index (χ1n) is 11.8. The highest BCUT2D eigenvalue weighted by molar-refractivity contribution is 7.94. The Hall–Kier alpha value is -2.87. The highest BCUT2D eigenvalue weighted by Gasteiger charge is 2.43. The Labute approximate surface area is 211 Å². The number of anilines is 1. The van der Waals surface area contributed by atoms with Gasteiger partial charge in [0.25, 0.3) is 5.91 Å². The number of sulfone groups is 1. The maximum absolute atomic E-state index is 13.7. The summed E-state index contributed by atoms with van der Waals surface area (Å²) in [7, 11) is -3.27. The van der Waals surface area contributed by atoms with Gasteiger partial charge in [-0.25, -0.2) is 8.42 Å². The fourth-order valence-corrected chi connectivity index (χ4v) is 4.92. The van der Waals surface area contributed by atoms with E-state index in [0.29, 0.717) is 29.0 Å². The summed E-state index contributed by atoms with van der Waals surface area (Å²) in [5.41, 5.74) is 1.37. The van der Waals surface area contributed by atoms with Crippen LogP contribution in [0.5, 0.6) is 0 Å². The SMILES string of the molecule is C/C(=C\CCC(C)(C1=C(c2ccccc2)C(=O)N(c2ccc(C(F)(F)F)cc2)C1)C(C)C)S(C)(=O)=O. The molecule has 3 rings (SSSR count). The van der Waals surface area contributed by atoms with E-state index < -0.39 is 27.0 Å². The number of halogens is 3. The second kappa shape index (κ2) is 10.2. The molecule has 1 aliphatic rings. The van der Waals surface area contributed by atoms with Crippen LogP contribution >= 0.6 is 0 Å². The lowest BCUT2D eigenvalue weighted by molar-refractivity contribution is -0.137. The van der Waals surface area contributed by atoms with Crippen molar-refractivity contribution in [2.24, 2.45) is 11.3 Å². The molecular weight excluding hydrogens is 487 g/mol. The molecule has 0 aliphatic carbocycles. The molecule has 1 amide bonds. The molecule has 1 aliphatic heterocycles. The van der Waals surface area contributed by atoms with Crippen LogP contribution in [0.1, 0.15) is 51.7 Å². The van der Waals surface area contributed by atoms with Crippen molar-refractivity contribution in [2.75, 3.05) is 17.7 Å². The summed E-state index contributed by atoms with van der Waals surface area (Å²) in [5.74, 6) is -0.149. The van der Waals surface area contributed by atoms with Crippen LogP contribution in [0.3, 0.4) is 0 Å². The van der Waals surface area contributed by atoms with Crippen LogP contribution in [0.4, 0.5) is 18.9 Å². The van der Waals surface area contributed by atoms with Gasteiger partial charge >= 0.3 is 6.18 Å². The topological polar surface area (TPSA) is 54.5 Å². The maximum atomic E-state index is 13.7. The van der Waals surface area contributed by atoms with Gasteiger partial charge < -0.3 is 4.90 Å². The van der Waals surface area contributed by atoms with Crippen molar-refractivity contribution in [1.82, 2.24) is 0 Å². The summed E-state index contributed by atoms with van der Waals surface area (Å²) < 4.78 is 62.9. The van der Waals surface area contributed by atoms with E-state index in [4.69, 9.17) is 0 Å². The van der Waals surface area contributed by atoms with E-state index in [0.717, 1.165) is 23.3 Å². The Balaban J connectivity index is 2.06. The number of nitrogens with zero attached hydrogens (tertiary/aromatic N) is 1. The van der Waals surface area contributed by atoms with Crippen molar-refractivity contribution < 1.29 is 26.4 Å². The van der Waals surface area contributed by atoms with Gasteiger partial charge in [-0.2, -0.15) is 13.2 Å². The molecule has 4 nitrogen and oxygen atoms in total. The van der Waals surface area contributed by atoms with E-state index in [9.17, 15) is 26.4 Å². The third kappa shape index (κ3) is 5.75. The fourth-order valence-electron chi connectivity index (χ4n) is 4.50. The molecule has 0 saturated heterocycles. The fraction of sp³-hybridized carbons (Fsp3) is 0.393. The molecule has 1 heterocycles. The van der Waals surface area contributed by atoms with Gasteiger partial charge in [-0.1, -0.05) is 57.2 Å². The molecule has 1 atom stereocenters. The zero-order valence-electron chi connectivity index (χ0n) is 21.2. The minimum atomic E-state index is -4.46.